The third-order valence-corrected chi connectivity index (χ3v) is 12.7. The first-order chi connectivity index (χ1) is 34.0. The van der Waals surface area contributed by atoms with Crippen LogP contribution in [0.4, 0.5) is 0 Å². The van der Waals surface area contributed by atoms with E-state index in [-0.39, 0.29) is 44.9 Å². The lowest BCUT2D eigenvalue weighted by Gasteiger charge is -2.46. The van der Waals surface area contributed by atoms with Gasteiger partial charge in [-0.25, -0.2) is 0 Å². The van der Waals surface area contributed by atoms with E-state index in [1.54, 1.807) is 12.0 Å². The van der Waals surface area contributed by atoms with E-state index in [1.165, 1.54) is 0 Å². The predicted molar refractivity (Wildman–Crippen MR) is 264 cm³/mol. The molecule has 6 aromatic carbocycles. The van der Waals surface area contributed by atoms with Crippen LogP contribution in [0.1, 0.15) is 71.5 Å². The molecular formula is C58H64N2O9. The Labute approximate surface area is 406 Å². The van der Waals surface area contributed by atoms with Gasteiger partial charge >= 0.3 is 0 Å². The van der Waals surface area contributed by atoms with E-state index in [0.717, 1.165) is 59.9 Å². The molecule has 6 aromatic rings. The van der Waals surface area contributed by atoms with Crippen LogP contribution in [0, 0.1) is 0 Å². The van der Waals surface area contributed by atoms with Gasteiger partial charge in [0.25, 0.3) is 0 Å². The number of hydrogen-bond donors (Lipinski definition) is 1. The summed E-state index contributed by atoms with van der Waals surface area (Å²) < 4.78 is 46.1. The van der Waals surface area contributed by atoms with Gasteiger partial charge in [-0.05, 0) is 58.4 Å². The molecule has 1 N–H and O–H groups in total. The maximum atomic E-state index is 15.2. The molecular weight excluding hydrogens is 869 g/mol. The van der Waals surface area contributed by atoms with Crippen LogP contribution in [0.3, 0.4) is 0 Å². The van der Waals surface area contributed by atoms with Crippen LogP contribution in [-0.4, -0.2) is 73.8 Å². The third-order valence-electron chi connectivity index (χ3n) is 12.7. The highest BCUT2D eigenvalue weighted by Gasteiger charge is 2.49. The van der Waals surface area contributed by atoms with Crippen molar-refractivity contribution in [2.24, 2.45) is 0 Å². The predicted octanol–water partition coefficient (Wildman–Crippen LogP) is 9.93. The number of ether oxygens (including phenoxy) is 7. The van der Waals surface area contributed by atoms with Crippen LogP contribution in [0.2, 0.25) is 0 Å². The molecule has 1 aliphatic heterocycles. The minimum Gasteiger partial charge on any atom is -0.497 e. The molecule has 0 aromatic heterocycles. The topological polar surface area (TPSA) is 114 Å². The summed E-state index contributed by atoms with van der Waals surface area (Å²) in [5.74, 6) is 0.0318. The average molecular weight is 933 g/mol. The Morgan fingerprint density at radius 2 is 1.06 bits per heavy atom. The second-order valence-electron chi connectivity index (χ2n) is 17.7. The second-order valence-corrected chi connectivity index (χ2v) is 17.7. The zero-order valence-corrected chi connectivity index (χ0v) is 39.4. The van der Waals surface area contributed by atoms with Gasteiger partial charge in [0.05, 0.1) is 40.1 Å². The molecule has 2 fully saturated rings. The number of nitrogens with one attached hydrogen (secondary N) is 1. The molecule has 0 radical (unpaired) electrons. The lowest BCUT2D eigenvalue weighted by atomic mass is 9.94. The zero-order chi connectivity index (χ0) is 47.5. The summed E-state index contributed by atoms with van der Waals surface area (Å²) >= 11 is 0. The average Bonchev–Trinajstić information content (AvgIpc) is 3.40. The number of carbonyl (C=O) groups is 2. The second kappa shape index (κ2) is 26.0. The zero-order valence-electron chi connectivity index (χ0n) is 39.4. The number of benzene rings is 6. The Balaban J connectivity index is 1.13. The number of amides is 2. The summed E-state index contributed by atoms with van der Waals surface area (Å²) in [6.07, 6.45) is 0.836. The first-order valence-electron chi connectivity index (χ1n) is 24.1. The van der Waals surface area contributed by atoms with Crippen molar-refractivity contribution in [1.29, 1.82) is 0 Å². The molecule has 2 amide bonds. The van der Waals surface area contributed by atoms with Gasteiger partial charge in [-0.1, -0.05) is 183 Å². The molecule has 1 saturated heterocycles. The fourth-order valence-electron chi connectivity index (χ4n) is 9.00. The number of nitrogens with zero attached hydrogens (tertiary/aromatic N) is 1. The molecule has 1 saturated carbocycles. The molecule has 6 atom stereocenters. The van der Waals surface area contributed by atoms with Crippen LogP contribution in [0.25, 0.3) is 0 Å². The molecule has 1 unspecified atom stereocenters. The summed E-state index contributed by atoms with van der Waals surface area (Å²) in [6, 6.07) is 55.8. The van der Waals surface area contributed by atoms with Crippen molar-refractivity contribution in [2.45, 2.75) is 108 Å². The van der Waals surface area contributed by atoms with Gasteiger partial charge in [0.15, 0.2) is 6.29 Å². The normalized spacial score (nSPS) is 19.9. The Morgan fingerprint density at radius 1 is 0.565 bits per heavy atom. The summed E-state index contributed by atoms with van der Waals surface area (Å²) in [5, 5.41) is 3.32. The summed E-state index contributed by atoms with van der Waals surface area (Å²) in [5.41, 5.74) is 5.39. The van der Waals surface area contributed by atoms with E-state index in [1.807, 2.05) is 176 Å². The molecule has 360 valence electrons. The molecule has 0 bridgehead atoms. The van der Waals surface area contributed by atoms with Gasteiger partial charge in [0.1, 0.15) is 42.8 Å². The van der Waals surface area contributed by atoms with E-state index in [2.05, 4.69) is 5.32 Å². The van der Waals surface area contributed by atoms with Crippen molar-refractivity contribution in [3.63, 3.8) is 0 Å². The Hall–Kier alpha value is -6.18. The van der Waals surface area contributed by atoms with Crippen LogP contribution in [0.5, 0.6) is 5.75 Å². The van der Waals surface area contributed by atoms with Crippen molar-refractivity contribution in [2.75, 3.05) is 20.3 Å². The number of hydrogen-bond acceptors (Lipinski definition) is 9. The van der Waals surface area contributed by atoms with Gasteiger partial charge in [0.2, 0.25) is 11.8 Å². The van der Waals surface area contributed by atoms with Gasteiger partial charge < -0.3 is 43.4 Å². The van der Waals surface area contributed by atoms with Gasteiger partial charge in [-0.15, -0.1) is 0 Å². The first kappa shape index (κ1) is 49.2. The molecule has 8 rings (SSSR count). The van der Waals surface area contributed by atoms with E-state index in [4.69, 9.17) is 33.2 Å². The highest BCUT2D eigenvalue weighted by atomic mass is 16.7. The quantitative estimate of drug-likeness (QED) is 0.0671. The number of methoxy groups -OCH3 is 1. The van der Waals surface area contributed by atoms with Crippen LogP contribution >= 0.6 is 0 Å². The summed E-state index contributed by atoms with van der Waals surface area (Å²) in [4.78, 5) is 31.4. The van der Waals surface area contributed by atoms with Gasteiger partial charge in [-0.2, -0.15) is 0 Å². The third kappa shape index (κ3) is 14.4. The number of rotatable bonds is 23. The van der Waals surface area contributed by atoms with Crippen molar-refractivity contribution in [3.8, 4) is 5.75 Å². The first-order valence-corrected chi connectivity index (χ1v) is 24.1. The maximum absolute atomic E-state index is 15.2. The molecule has 2 aliphatic rings. The van der Waals surface area contributed by atoms with Crippen molar-refractivity contribution < 1.29 is 42.7 Å². The van der Waals surface area contributed by atoms with Crippen LogP contribution < -0.4 is 10.1 Å². The molecule has 69 heavy (non-hydrogen) atoms. The Morgan fingerprint density at radius 3 is 1.59 bits per heavy atom. The Kier molecular flexibility index (Phi) is 18.5. The lowest BCUT2D eigenvalue weighted by molar-refractivity contribution is -0.327. The van der Waals surface area contributed by atoms with E-state index < -0.39 is 49.3 Å². The maximum Gasteiger partial charge on any atom is 0.249 e. The lowest BCUT2D eigenvalue weighted by Crippen LogP contribution is -2.62. The van der Waals surface area contributed by atoms with Crippen molar-refractivity contribution in [1.82, 2.24) is 10.2 Å². The fraction of sp³-hybridized carbons (Fsp3) is 0.345. The molecule has 11 heteroatoms. The highest BCUT2D eigenvalue weighted by molar-refractivity contribution is 5.89. The summed E-state index contributed by atoms with van der Waals surface area (Å²) in [7, 11) is 1.61. The number of carbonyl (C=O) groups excluding carboxylic acids is 2. The van der Waals surface area contributed by atoms with E-state index in [0.29, 0.717) is 17.9 Å². The fourth-order valence-corrected chi connectivity index (χ4v) is 9.00. The Bertz CT molecular complexity index is 2410. The monoisotopic (exact) mass is 932 g/mol. The highest BCUT2D eigenvalue weighted by Crippen LogP contribution is 2.33. The smallest absolute Gasteiger partial charge is 0.249 e. The minimum atomic E-state index is -1.13. The summed E-state index contributed by atoms with van der Waals surface area (Å²) in [6.45, 7) is 0.866. The molecule has 1 heterocycles. The van der Waals surface area contributed by atoms with Crippen LogP contribution in [-0.2, 0) is 71.0 Å². The standard InChI is InChI=1S/C58H64N2O9/c1-63-50-34-32-43(33-35-50)36-60(53(48-28-16-6-17-29-48)57(62)59-49-30-18-7-19-31-49)52(61)42-68-58-56(67-40-47-26-14-5-15-27-47)55(66-39-46-24-12-4-13-25-46)54(65-38-45-22-10-3-11-23-45)51(69-58)41-64-37-44-20-8-2-9-21-44/h2-6,8-17,20-29,32-35,49,51,53-56,58H,7,18-19,30-31,36-42H2,1H3,(H,59,62)/t51-,53?,54-,55+,56-,58-/m1/s1. The van der Waals surface area contributed by atoms with Gasteiger partial charge in [0, 0.05) is 12.6 Å². The van der Waals surface area contributed by atoms with E-state index in [9.17, 15) is 4.79 Å². The molecule has 1 aliphatic carbocycles. The van der Waals surface area contributed by atoms with Gasteiger partial charge in [-0.3, -0.25) is 9.59 Å². The largest absolute Gasteiger partial charge is 0.497 e. The minimum absolute atomic E-state index is 0.0238. The molecule has 11 nitrogen and oxygen atoms in total. The molecule has 0 spiro atoms. The van der Waals surface area contributed by atoms with E-state index >= 15 is 4.79 Å². The van der Waals surface area contributed by atoms with Crippen LogP contribution in [0.15, 0.2) is 176 Å². The van der Waals surface area contributed by atoms with Crippen molar-refractivity contribution in [3.05, 3.63) is 209 Å². The van der Waals surface area contributed by atoms with Crippen molar-refractivity contribution >= 4 is 11.8 Å². The SMILES string of the molecule is COc1ccc(CN(C(=O)CO[C@@H]2O[C@H](COCc3ccccc3)[C@@H](OCc3ccccc3)[C@H](OCc3ccccc3)[C@H]2OCc2ccccc2)C(C(=O)NC2CCCCC2)c2ccccc2)cc1.